The molecule has 1 N–H and O–H groups in total. The Morgan fingerprint density at radius 1 is 1.28 bits per heavy atom. The van der Waals surface area contributed by atoms with Gasteiger partial charge >= 0.3 is 0 Å². The van der Waals surface area contributed by atoms with E-state index in [0.29, 0.717) is 6.61 Å². The topological polar surface area (TPSA) is 34.4 Å². The van der Waals surface area contributed by atoms with Crippen molar-refractivity contribution in [1.82, 2.24) is 5.32 Å². The lowest BCUT2D eigenvalue weighted by Gasteiger charge is -2.08. The molecule has 0 spiro atoms. The summed E-state index contributed by atoms with van der Waals surface area (Å²) in [6.45, 7) is 3.41. The zero-order valence-electron chi connectivity index (χ0n) is 10.9. The fraction of sp³-hybridized carbons (Fsp3) is 0.333. The highest BCUT2D eigenvalue weighted by Gasteiger charge is 2.04. The SMILES string of the molecule is CCc1ccccc1OCc1cc(CNC)co1. The standard InChI is InChI=1S/C15H19NO2/c1-3-13-6-4-5-7-15(13)18-11-14-8-12(9-16-2)10-17-14/h4-8,10,16H,3,9,11H2,1-2H3. The van der Waals surface area contributed by atoms with Crippen molar-refractivity contribution >= 4 is 0 Å². The Kier molecular flexibility index (Phi) is 4.42. The number of para-hydroxylation sites is 1. The smallest absolute Gasteiger partial charge is 0.146 e. The molecule has 1 aromatic carbocycles. The summed E-state index contributed by atoms with van der Waals surface area (Å²) >= 11 is 0. The number of furan rings is 1. The largest absolute Gasteiger partial charge is 0.485 e. The van der Waals surface area contributed by atoms with Crippen LogP contribution < -0.4 is 10.1 Å². The quantitative estimate of drug-likeness (QED) is 0.849. The first-order valence-corrected chi connectivity index (χ1v) is 6.25. The van der Waals surface area contributed by atoms with E-state index in [0.717, 1.165) is 30.0 Å². The molecule has 0 atom stereocenters. The van der Waals surface area contributed by atoms with Crippen molar-refractivity contribution in [1.29, 1.82) is 0 Å². The van der Waals surface area contributed by atoms with Crippen LogP contribution in [0.25, 0.3) is 0 Å². The number of hydrogen-bond donors (Lipinski definition) is 1. The van der Waals surface area contributed by atoms with Crippen LogP contribution in [0.3, 0.4) is 0 Å². The molecule has 0 aliphatic heterocycles. The van der Waals surface area contributed by atoms with Gasteiger partial charge in [0.25, 0.3) is 0 Å². The number of rotatable bonds is 6. The molecule has 0 fully saturated rings. The molecule has 96 valence electrons. The van der Waals surface area contributed by atoms with E-state index in [4.69, 9.17) is 9.15 Å². The van der Waals surface area contributed by atoms with Gasteiger partial charge in [0.1, 0.15) is 18.1 Å². The van der Waals surface area contributed by atoms with E-state index in [1.165, 1.54) is 5.56 Å². The Labute approximate surface area is 108 Å². The van der Waals surface area contributed by atoms with E-state index < -0.39 is 0 Å². The highest BCUT2D eigenvalue weighted by atomic mass is 16.5. The maximum absolute atomic E-state index is 5.79. The van der Waals surface area contributed by atoms with Gasteiger partial charge in [0, 0.05) is 12.1 Å². The minimum atomic E-state index is 0.473. The summed E-state index contributed by atoms with van der Waals surface area (Å²) < 4.78 is 11.2. The second-order valence-electron chi connectivity index (χ2n) is 4.20. The molecule has 0 aliphatic carbocycles. The summed E-state index contributed by atoms with van der Waals surface area (Å²) in [5, 5.41) is 3.09. The fourth-order valence-electron chi connectivity index (χ4n) is 1.88. The van der Waals surface area contributed by atoms with Gasteiger partial charge in [-0.15, -0.1) is 0 Å². The Bertz CT molecular complexity index is 491. The van der Waals surface area contributed by atoms with Gasteiger partial charge < -0.3 is 14.5 Å². The van der Waals surface area contributed by atoms with Crippen molar-refractivity contribution < 1.29 is 9.15 Å². The van der Waals surface area contributed by atoms with Crippen LogP contribution in [0.15, 0.2) is 41.0 Å². The zero-order chi connectivity index (χ0) is 12.8. The lowest BCUT2D eigenvalue weighted by molar-refractivity contribution is 0.268. The van der Waals surface area contributed by atoms with Gasteiger partial charge in [0.2, 0.25) is 0 Å². The van der Waals surface area contributed by atoms with Crippen molar-refractivity contribution in [3.8, 4) is 5.75 Å². The van der Waals surface area contributed by atoms with Crippen molar-refractivity contribution in [3.63, 3.8) is 0 Å². The molecule has 2 aromatic rings. The molecule has 18 heavy (non-hydrogen) atoms. The predicted octanol–water partition coefficient (Wildman–Crippen LogP) is 3.14. The van der Waals surface area contributed by atoms with Crippen molar-refractivity contribution in [3.05, 3.63) is 53.5 Å². The van der Waals surface area contributed by atoms with Crippen LogP contribution in [0, 0.1) is 0 Å². The second kappa shape index (κ2) is 6.26. The van der Waals surface area contributed by atoms with E-state index in [9.17, 15) is 0 Å². The molecule has 2 rings (SSSR count). The molecule has 0 aliphatic rings. The lowest BCUT2D eigenvalue weighted by atomic mass is 10.1. The van der Waals surface area contributed by atoms with Crippen LogP contribution in [0.2, 0.25) is 0 Å². The van der Waals surface area contributed by atoms with Crippen molar-refractivity contribution in [2.24, 2.45) is 0 Å². The van der Waals surface area contributed by atoms with Gasteiger partial charge in [-0.3, -0.25) is 0 Å². The number of nitrogens with one attached hydrogen (secondary N) is 1. The molecular formula is C15H19NO2. The van der Waals surface area contributed by atoms with E-state index in [1.54, 1.807) is 6.26 Å². The van der Waals surface area contributed by atoms with E-state index in [2.05, 4.69) is 18.3 Å². The van der Waals surface area contributed by atoms with Crippen LogP contribution in [0.1, 0.15) is 23.8 Å². The number of benzene rings is 1. The van der Waals surface area contributed by atoms with E-state index in [1.807, 2.05) is 31.3 Å². The highest BCUT2D eigenvalue weighted by Crippen LogP contribution is 2.20. The minimum absolute atomic E-state index is 0.473. The van der Waals surface area contributed by atoms with Gasteiger partial charge in [0.15, 0.2) is 0 Å². The third-order valence-corrected chi connectivity index (χ3v) is 2.81. The highest BCUT2D eigenvalue weighted by molar-refractivity contribution is 5.33. The lowest BCUT2D eigenvalue weighted by Crippen LogP contribution is -2.03. The molecular weight excluding hydrogens is 226 g/mol. The monoisotopic (exact) mass is 245 g/mol. The molecule has 0 radical (unpaired) electrons. The second-order valence-corrected chi connectivity index (χ2v) is 4.20. The Balaban J connectivity index is 1.97. The summed E-state index contributed by atoms with van der Waals surface area (Å²) in [4.78, 5) is 0. The molecule has 0 saturated heterocycles. The minimum Gasteiger partial charge on any atom is -0.485 e. The van der Waals surface area contributed by atoms with Gasteiger partial charge in [0.05, 0.1) is 6.26 Å². The average molecular weight is 245 g/mol. The summed E-state index contributed by atoms with van der Waals surface area (Å²) in [6.07, 6.45) is 2.74. The number of hydrogen-bond acceptors (Lipinski definition) is 3. The molecule has 3 heteroatoms. The van der Waals surface area contributed by atoms with Gasteiger partial charge in [-0.05, 0) is 31.2 Å². The summed E-state index contributed by atoms with van der Waals surface area (Å²) in [7, 11) is 1.92. The summed E-state index contributed by atoms with van der Waals surface area (Å²) in [6, 6.07) is 10.1. The first-order chi connectivity index (χ1) is 8.83. The molecule has 0 saturated carbocycles. The van der Waals surface area contributed by atoms with Crippen LogP contribution in [-0.2, 0) is 19.6 Å². The van der Waals surface area contributed by atoms with Crippen LogP contribution in [-0.4, -0.2) is 7.05 Å². The molecule has 0 unspecified atom stereocenters. The van der Waals surface area contributed by atoms with Crippen LogP contribution >= 0.6 is 0 Å². The Hall–Kier alpha value is -1.74. The van der Waals surface area contributed by atoms with Gasteiger partial charge in [-0.1, -0.05) is 25.1 Å². The normalized spacial score (nSPS) is 10.6. The molecule has 3 nitrogen and oxygen atoms in total. The first kappa shape index (κ1) is 12.7. The van der Waals surface area contributed by atoms with Gasteiger partial charge in [-0.25, -0.2) is 0 Å². The third-order valence-electron chi connectivity index (χ3n) is 2.81. The molecule has 0 bridgehead atoms. The first-order valence-electron chi connectivity index (χ1n) is 6.25. The zero-order valence-corrected chi connectivity index (χ0v) is 10.9. The predicted molar refractivity (Wildman–Crippen MR) is 71.6 cm³/mol. The van der Waals surface area contributed by atoms with Gasteiger partial charge in [-0.2, -0.15) is 0 Å². The van der Waals surface area contributed by atoms with Crippen molar-refractivity contribution in [2.45, 2.75) is 26.5 Å². The summed E-state index contributed by atoms with van der Waals surface area (Å²) in [5.74, 6) is 1.79. The average Bonchev–Trinajstić information content (AvgIpc) is 2.85. The summed E-state index contributed by atoms with van der Waals surface area (Å²) in [5.41, 5.74) is 2.36. The maximum atomic E-state index is 5.79. The van der Waals surface area contributed by atoms with Crippen LogP contribution in [0.5, 0.6) is 5.75 Å². The molecule has 1 heterocycles. The third kappa shape index (κ3) is 3.14. The Morgan fingerprint density at radius 2 is 2.11 bits per heavy atom. The maximum Gasteiger partial charge on any atom is 0.146 e. The van der Waals surface area contributed by atoms with E-state index in [-0.39, 0.29) is 0 Å². The van der Waals surface area contributed by atoms with Crippen LogP contribution in [0.4, 0.5) is 0 Å². The number of aryl methyl sites for hydroxylation is 1. The van der Waals surface area contributed by atoms with E-state index >= 15 is 0 Å². The molecule has 0 amide bonds. The molecule has 1 aromatic heterocycles. The number of ether oxygens (including phenoxy) is 1. The Morgan fingerprint density at radius 3 is 2.89 bits per heavy atom. The van der Waals surface area contributed by atoms with Crippen molar-refractivity contribution in [2.75, 3.05) is 7.05 Å². The fourth-order valence-corrected chi connectivity index (χ4v) is 1.88.